The Morgan fingerprint density at radius 1 is 0.952 bits per heavy atom. The largest absolute Gasteiger partial charge is 0.454 e. The van der Waals surface area contributed by atoms with Gasteiger partial charge in [0.1, 0.15) is 5.75 Å². The molecule has 0 unspecified atom stereocenters. The van der Waals surface area contributed by atoms with Gasteiger partial charge in [0.25, 0.3) is 0 Å². The van der Waals surface area contributed by atoms with E-state index in [4.69, 9.17) is 14.2 Å². The lowest BCUT2D eigenvalue weighted by molar-refractivity contribution is 0.0734. The Balaban J connectivity index is 1.75. The summed E-state index contributed by atoms with van der Waals surface area (Å²) in [5, 5.41) is 0. The normalized spacial score (nSPS) is 12.0. The Morgan fingerprint density at radius 2 is 1.62 bits per heavy atom. The van der Waals surface area contributed by atoms with Gasteiger partial charge in [0.15, 0.2) is 17.3 Å². The number of ketones is 1. The number of hydrogen-bond donors (Lipinski definition) is 0. The second-order valence-corrected chi connectivity index (χ2v) is 4.54. The maximum absolute atomic E-state index is 12.0. The first-order valence-corrected chi connectivity index (χ1v) is 6.36. The number of hydrogen-bond acceptors (Lipinski definition) is 5. The SMILES string of the molecule is CC(=O)c1ccc(OC(=O)c2ccc3c(c2)OCO3)cc1. The minimum absolute atomic E-state index is 0.0383. The Kier molecular flexibility index (Phi) is 3.31. The first kappa shape index (κ1) is 13.2. The molecule has 0 fully saturated rings. The number of Topliss-reactive ketones (excluding diaryl/α,β-unsaturated/α-hetero) is 1. The molecule has 3 rings (SSSR count). The lowest BCUT2D eigenvalue weighted by atomic mass is 10.1. The van der Waals surface area contributed by atoms with Crippen molar-refractivity contribution in [2.45, 2.75) is 6.92 Å². The van der Waals surface area contributed by atoms with Crippen LogP contribution >= 0.6 is 0 Å². The number of esters is 1. The Labute approximate surface area is 121 Å². The molecule has 0 saturated heterocycles. The van der Waals surface area contributed by atoms with Gasteiger partial charge in [0.05, 0.1) is 5.56 Å². The van der Waals surface area contributed by atoms with Crippen LogP contribution in [0.1, 0.15) is 27.6 Å². The zero-order valence-corrected chi connectivity index (χ0v) is 11.3. The summed E-state index contributed by atoms with van der Waals surface area (Å²) in [6.07, 6.45) is 0. The fourth-order valence-corrected chi connectivity index (χ4v) is 1.95. The second kappa shape index (κ2) is 5.28. The van der Waals surface area contributed by atoms with Crippen molar-refractivity contribution >= 4 is 11.8 Å². The topological polar surface area (TPSA) is 61.8 Å². The summed E-state index contributed by atoms with van der Waals surface area (Å²) >= 11 is 0. The second-order valence-electron chi connectivity index (χ2n) is 4.54. The quantitative estimate of drug-likeness (QED) is 0.492. The summed E-state index contributed by atoms with van der Waals surface area (Å²) in [4.78, 5) is 23.2. The van der Waals surface area contributed by atoms with Crippen LogP contribution in [-0.4, -0.2) is 18.5 Å². The number of rotatable bonds is 3. The molecular weight excluding hydrogens is 272 g/mol. The Morgan fingerprint density at radius 3 is 2.33 bits per heavy atom. The van der Waals surface area contributed by atoms with E-state index in [0.29, 0.717) is 28.4 Å². The zero-order valence-electron chi connectivity index (χ0n) is 11.3. The van der Waals surface area contributed by atoms with Crippen LogP contribution in [0.4, 0.5) is 0 Å². The van der Waals surface area contributed by atoms with E-state index in [9.17, 15) is 9.59 Å². The third-order valence-electron chi connectivity index (χ3n) is 3.08. The van der Waals surface area contributed by atoms with E-state index in [0.717, 1.165) is 0 Å². The van der Waals surface area contributed by atoms with Crippen LogP contribution in [0.3, 0.4) is 0 Å². The Bertz CT molecular complexity index is 703. The summed E-state index contributed by atoms with van der Waals surface area (Å²) in [5.74, 6) is 0.976. The summed E-state index contributed by atoms with van der Waals surface area (Å²) in [6, 6.07) is 11.3. The van der Waals surface area contributed by atoms with Crippen LogP contribution in [-0.2, 0) is 0 Å². The maximum atomic E-state index is 12.0. The van der Waals surface area contributed by atoms with Gasteiger partial charge >= 0.3 is 5.97 Å². The van der Waals surface area contributed by atoms with Crippen LogP contribution in [0.15, 0.2) is 42.5 Å². The number of ether oxygens (including phenoxy) is 3. The highest BCUT2D eigenvalue weighted by Gasteiger charge is 2.17. The lowest BCUT2D eigenvalue weighted by Gasteiger charge is -2.05. The van der Waals surface area contributed by atoms with Crippen molar-refractivity contribution in [2.24, 2.45) is 0 Å². The van der Waals surface area contributed by atoms with Gasteiger partial charge in [-0.15, -0.1) is 0 Å². The Hall–Kier alpha value is -2.82. The van der Waals surface area contributed by atoms with Gasteiger partial charge in [0.2, 0.25) is 6.79 Å². The van der Waals surface area contributed by atoms with Gasteiger partial charge in [0, 0.05) is 5.56 Å². The maximum Gasteiger partial charge on any atom is 0.343 e. The lowest BCUT2D eigenvalue weighted by Crippen LogP contribution is -2.08. The summed E-state index contributed by atoms with van der Waals surface area (Å²) in [5.41, 5.74) is 0.938. The fourth-order valence-electron chi connectivity index (χ4n) is 1.95. The van der Waals surface area contributed by atoms with Crippen LogP contribution < -0.4 is 14.2 Å². The summed E-state index contributed by atoms with van der Waals surface area (Å²) in [6.45, 7) is 1.63. The van der Waals surface area contributed by atoms with Gasteiger partial charge in [-0.05, 0) is 49.4 Å². The molecule has 1 aliphatic rings. The van der Waals surface area contributed by atoms with Gasteiger partial charge in [-0.25, -0.2) is 4.79 Å². The molecule has 2 aromatic carbocycles. The third kappa shape index (κ3) is 2.72. The van der Waals surface area contributed by atoms with E-state index in [1.165, 1.54) is 6.92 Å². The third-order valence-corrected chi connectivity index (χ3v) is 3.08. The van der Waals surface area contributed by atoms with E-state index >= 15 is 0 Å². The molecule has 0 atom stereocenters. The first-order chi connectivity index (χ1) is 10.1. The van der Waals surface area contributed by atoms with Crippen molar-refractivity contribution in [1.29, 1.82) is 0 Å². The van der Waals surface area contributed by atoms with Crippen molar-refractivity contribution in [1.82, 2.24) is 0 Å². The highest BCUT2D eigenvalue weighted by Crippen LogP contribution is 2.32. The molecule has 0 amide bonds. The molecule has 106 valence electrons. The molecule has 2 aromatic rings. The molecule has 5 heteroatoms. The minimum atomic E-state index is -0.496. The molecule has 21 heavy (non-hydrogen) atoms. The van der Waals surface area contributed by atoms with Crippen LogP contribution in [0, 0.1) is 0 Å². The van der Waals surface area contributed by atoms with Crippen LogP contribution in [0.2, 0.25) is 0 Å². The van der Waals surface area contributed by atoms with E-state index in [1.54, 1.807) is 42.5 Å². The number of benzene rings is 2. The van der Waals surface area contributed by atoms with Crippen LogP contribution in [0.5, 0.6) is 17.2 Å². The van der Waals surface area contributed by atoms with E-state index in [2.05, 4.69) is 0 Å². The van der Waals surface area contributed by atoms with E-state index < -0.39 is 5.97 Å². The van der Waals surface area contributed by atoms with Gasteiger partial charge in [-0.2, -0.15) is 0 Å². The summed E-state index contributed by atoms with van der Waals surface area (Å²) in [7, 11) is 0. The minimum Gasteiger partial charge on any atom is -0.454 e. The molecule has 0 aromatic heterocycles. The summed E-state index contributed by atoms with van der Waals surface area (Å²) < 4.78 is 15.6. The zero-order chi connectivity index (χ0) is 14.8. The number of carbonyl (C=O) groups is 2. The smallest absolute Gasteiger partial charge is 0.343 e. The van der Waals surface area contributed by atoms with E-state index in [-0.39, 0.29) is 12.6 Å². The highest BCUT2D eigenvalue weighted by atomic mass is 16.7. The number of carbonyl (C=O) groups excluding carboxylic acids is 2. The standard InChI is InChI=1S/C16H12O5/c1-10(17)11-2-5-13(6-3-11)21-16(18)12-4-7-14-15(8-12)20-9-19-14/h2-8H,9H2,1H3. The van der Waals surface area contributed by atoms with Crippen LogP contribution in [0.25, 0.3) is 0 Å². The molecule has 0 N–H and O–H groups in total. The van der Waals surface area contributed by atoms with Crippen molar-refractivity contribution in [3.05, 3.63) is 53.6 Å². The molecule has 0 saturated carbocycles. The average molecular weight is 284 g/mol. The molecular formula is C16H12O5. The van der Waals surface area contributed by atoms with E-state index in [1.807, 2.05) is 0 Å². The van der Waals surface area contributed by atoms with Crippen molar-refractivity contribution in [3.8, 4) is 17.2 Å². The van der Waals surface area contributed by atoms with Crippen molar-refractivity contribution < 1.29 is 23.8 Å². The van der Waals surface area contributed by atoms with Crippen molar-refractivity contribution in [2.75, 3.05) is 6.79 Å². The molecule has 0 spiro atoms. The van der Waals surface area contributed by atoms with Gasteiger partial charge in [-0.3, -0.25) is 4.79 Å². The van der Waals surface area contributed by atoms with Crippen molar-refractivity contribution in [3.63, 3.8) is 0 Å². The average Bonchev–Trinajstić information content (AvgIpc) is 2.95. The first-order valence-electron chi connectivity index (χ1n) is 6.36. The van der Waals surface area contributed by atoms with Gasteiger partial charge in [-0.1, -0.05) is 0 Å². The molecule has 0 aliphatic carbocycles. The molecule has 0 bridgehead atoms. The monoisotopic (exact) mass is 284 g/mol. The molecule has 5 nitrogen and oxygen atoms in total. The number of fused-ring (bicyclic) bond motifs is 1. The molecule has 1 aliphatic heterocycles. The van der Waals surface area contributed by atoms with Gasteiger partial charge < -0.3 is 14.2 Å². The fraction of sp³-hybridized carbons (Fsp3) is 0.125. The molecule has 1 heterocycles. The predicted molar refractivity (Wildman–Crippen MR) is 74.0 cm³/mol. The predicted octanol–water partition coefficient (Wildman–Crippen LogP) is 2.84. The highest BCUT2D eigenvalue weighted by molar-refractivity contribution is 5.94. The molecule has 0 radical (unpaired) electrons.